The summed E-state index contributed by atoms with van der Waals surface area (Å²) in [5, 5.41) is 7.37. The summed E-state index contributed by atoms with van der Waals surface area (Å²) in [4.78, 5) is 3.98. The van der Waals surface area contributed by atoms with Crippen LogP contribution in [-0.2, 0) is 6.54 Å². The van der Waals surface area contributed by atoms with E-state index >= 15 is 0 Å². The van der Waals surface area contributed by atoms with Gasteiger partial charge in [0.25, 0.3) is 0 Å². The van der Waals surface area contributed by atoms with Gasteiger partial charge in [-0.3, -0.25) is 10.4 Å². The van der Waals surface area contributed by atoms with E-state index in [-0.39, 0.29) is 0 Å². The van der Waals surface area contributed by atoms with Crippen molar-refractivity contribution in [1.29, 1.82) is 5.41 Å². The Kier molecular flexibility index (Phi) is 1.85. The average molecular weight is 137 g/mol. The smallest absolute Gasteiger partial charge is 0.143 e. The molecule has 1 aromatic heterocycles. The summed E-state index contributed by atoms with van der Waals surface area (Å²) in [6.45, 7) is 4.77. The molecular formula is C7H11N3. The lowest BCUT2D eigenvalue weighted by molar-refractivity contribution is 0.686. The van der Waals surface area contributed by atoms with Gasteiger partial charge in [-0.1, -0.05) is 0 Å². The van der Waals surface area contributed by atoms with Gasteiger partial charge in [-0.25, -0.2) is 0 Å². The van der Waals surface area contributed by atoms with Gasteiger partial charge in [0.2, 0.25) is 0 Å². The second kappa shape index (κ2) is 2.64. The first-order chi connectivity index (χ1) is 4.74. The number of hydrogen-bond donors (Lipinski definition) is 1. The predicted octanol–water partition coefficient (Wildman–Crippen LogP) is 0.691. The molecule has 0 fully saturated rings. The van der Waals surface area contributed by atoms with Crippen molar-refractivity contribution in [3.05, 3.63) is 23.6 Å². The number of nitrogens with one attached hydrogen (secondary N) is 1. The van der Waals surface area contributed by atoms with Crippen LogP contribution in [0.4, 0.5) is 0 Å². The fourth-order valence-electron chi connectivity index (χ4n) is 0.827. The third-order valence-corrected chi connectivity index (χ3v) is 1.38. The molecule has 0 spiro atoms. The van der Waals surface area contributed by atoms with E-state index in [4.69, 9.17) is 5.41 Å². The maximum Gasteiger partial charge on any atom is 0.143 e. The third kappa shape index (κ3) is 1.23. The van der Waals surface area contributed by atoms with Gasteiger partial charge < -0.3 is 4.57 Å². The second-order valence-electron chi connectivity index (χ2n) is 2.20. The predicted molar refractivity (Wildman–Crippen MR) is 38.5 cm³/mol. The summed E-state index contributed by atoms with van der Waals surface area (Å²) in [6.07, 6.45) is 3.45. The highest BCUT2D eigenvalue weighted by atomic mass is 15.0. The molecule has 54 valence electrons. The normalized spacial score (nSPS) is 9.80. The zero-order chi connectivity index (χ0) is 7.56. The van der Waals surface area contributed by atoms with Crippen LogP contribution in [0.5, 0.6) is 0 Å². The highest BCUT2D eigenvalue weighted by molar-refractivity contribution is 4.91. The lowest BCUT2D eigenvalue weighted by Gasteiger charge is -2.01. The molecule has 0 saturated heterocycles. The summed E-state index contributed by atoms with van der Waals surface area (Å²) >= 11 is 0. The Morgan fingerprint density at radius 1 is 1.70 bits per heavy atom. The number of hydrogen-bond acceptors (Lipinski definition) is 2. The lowest BCUT2D eigenvalue weighted by atomic mass is 10.5. The lowest BCUT2D eigenvalue weighted by Crippen LogP contribution is -2.18. The largest absolute Gasteiger partial charge is 0.331 e. The van der Waals surface area contributed by atoms with Crippen molar-refractivity contribution in [1.82, 2.24) is 9.55 Å². The monoisotopic (exact) mass is 137 g/mol. The molecule has 0 unspecified atom stereocenters. The van der Waals surface area contributed by atoms with E-state index < -0.39 is 0 Å². The van der Waals surface area contributed by atoms with Gasteiger partial charge in [0.05, 0.1) is 11.9 Å². The molecule has 10 heavy (non-hydrogen) atoms. The van der Waals surface area contributed by atoms with E-state index in [9.17, 15) is 0 Å². The fourth-order valence-corrected chi connectivity index (χ4v) is 0.827. The fraction of sp³-hybridized carbons (Fsp3) is 0.429. The third-order valence-electron chi connectivity index (χ3n) is 1.38. The van der Waals surface area contributed by atoms with E-state index in [0.29, 0.717) is 5.49 Å². The molecule has 3 nitrogen and oxygen atoms in total. The van der Waals surface area contributed by atoms with Crippen molar-refractivity contribution >= 4 is 0 Å². The maximum atomic E-state index is 7.37. The molecule has 0 atom stereocenters. The minimum atomic E-state index is 0.466. The summed E-state index contributed by atoms with van der Waals surface area (Å²) in [7, 11) is 0. The van der Waals surface area contributed by atoms with E-state index in [1.165, 1.54) is 0 Å². The zero-order valence-electron chi connectivity index (χ0n) is 6.26. The first kappa shape index (κ1) is 6.99. The Morgan fingerprint density at radius 3 is 2.90 bits per heavy atom. The van der Waals surface area contributed by atoms with Crippen LogP contribution in [0.15, 0.2) is 12.4 Å². The van der Waals surface area contributed by atoms with Gasteiger partial charge in [0.15, 0.2) is 0 Å². The topological polar surface area (TPSA) is 41.7 Å². The van der Waals surface area contributed by atoms with Crippen LogP contribution in [0.25, 0.3) is 0 Å². The van der Waals surface area contributed by atoms with Gasteiger partial charge in [0, 0.05) is 12.7 Å². The minimum Gasteiger partial charge on any atom is -0.331 e. The molecule has 1 N–H and O–H groups in total. The first-order valence-electron chi connectivity index (χ1n) is 3.31. The van der Waals surface area contributed by atoms with Gasteiger partial charge in [0.1, 0.15) is 5.49 Å². The number of nitrogens with zero attached hydrogens (tertiary/aromatic N) is 2. The Bertz CT molecular complexity index is 274. The zero-order valence-corrected chi connectivity index (χ0v) is 6.26. The molecule has 0 aromatic carbocycles. The van der Waals surface area contributed by atoms with E-state index in [0.717, 1.165) is 12.2 Å². The molecule has 0 saturated carbocycles. The minimum absolute atomic E-state index is 0.466. The standard InChI is InChI=1S/C7H11N3/c1-3-10-5-6(2)9-4-7(10)8/h4-5,8H,3H2,1-2H3. The maximum absolute atomic E-state index is 7.37. The Labute approximate surface area is 59.9 Å². The van der Waals surface area contributed by atoms with Crippen LogP contribution in [0.1, 0.15) is 12.6 Å². The molecule has 0 aliphatic carbocycles. The van der Waals surface area contributed by atoms with E-state index in [1.807, 2.05) is 24.6 Å². The van der Waals surface area contributed by atoms with Crippen molar-refractivity contribution in [2.24, 2.45) is 0 Å². The summed E-state index contributed by atoms with van der Waals surface area (Å²) < 4.78 is 1.85. The second-order valence-corrected chi connectivity index (χ2v) is 2.20. The Balaban J connectivity index is 3.22. The van der Waals surface area contributed by atoms with E-state index in [2.05, 4.69) is 4.98 Å². The number of rotatable bonds is 1. The Hall–Kier alpha value is -1.12. The van der Waals surface area contributed by atoms with Crippen LogP contribution in [0.2, 0.25) is 0 Å². The van der Waals surface area contributed by atoms with Crippen LogP contribution >= 0.6 is 0 Å². The Morgan fingerprint density at radius 2 is 2.40 bits per heavy atom. The van der Waals surface area contributed by atoms with Gasteiger partial charge >= 0.3 is 0 Å². The SMILES string of the molecule is CCn1cc(C)ncc1=N. The highest BCUT2D eigenvalue weighted by Crippen LogP contribution is 1.85. The molecule has 0 aliphatic rings. The van der Waals surface area contributed by atoms with Crippen molar-refractivity contribution in [2.75, 3.05) is 0 Å². The first-order valence-corrected chi connectivity index (χ1v) is 3.31. The van der Waals surface area contributed by atoms with Crippen molar-refractivity contribution < 1.29 is 0 Å². The highest BCUT2D eigenvalue weighted by Gasteiger charge is 1.88. The van der Waals surface area contributed by atoms with Crippen molar-refractivity contribution in [3.8, 4) is 0 Å². The van der Waals surface area contributed by atoms with E-state index in [1.54, 1.807) is 6.20 Å². The van der Waals surface area contributed by atoms with Crippen LogP contribution in [0.3, 0.4) is 0 Å². The van der Waals surface area contributed by atoms with Crippen LogP contribution in [0, 0.1) is 12.3 Å². The molecule has 3 heteroatoms. The summed E-state index contributed by atoms with van der Waals surface area (Å²) in [5.41, 5.74) is 1.42. The number of aromatic nitrogens is 2. The van der Waals surface area contributed by atoms with Gasteiger partial charge in [-0.2, -0.15) is 0 Å². The molecule has 1 rings (SSSR count). The average Bonchev–Trinajstić information content (AvgIpc) is 1.94. The summed E-state index contributed by atoms with van der Waals surface area (Å²) in [5.74, 6) is 0. The number of aryl methyl sites for hydroxylation is 2. The molecule has 0 aliphatic heterocycles. The van der Waals surface area contributed by atoms with Crippen molar-refractivity contribution in [3.63, 3.8) is 0 Å². The summed E-state index contributed by atoms with van der Waals surface area (Å²) in [6, 6.07) is 0. The molecule has 0 bridgehead atoms. The van der Waals surface area contributed by atoms with Crippen molar-refractivity contribution in [2.45, 2.75) is 20.4 Å². The molecule has 1 heterocycles. The van der Waals surface area contributed by atoms with Gasteiger partial charge in [-0.05, 0) is 13.8 Å². The molecular weight excluding hydrogens is 126 g/mol. The molecule has 1 aromatic rings. The molecule has 0 amide bonds. The molecule has 0 radical (unpaired) electrons. The van der Waals surface area contributed by atoms with Gasteiger partial charge in [-0.15, -0.1) is 0 Å². The van der Waals surface area contributed by atoms with Crippen LogP contribution < -0.4 is 5.49 Å². The quantitative estimate of drug-likeness (QED) is 0.608. The van der Waals surface area contributed by atoms with Crippen LogP contribution in [-0.4, -0.2) is 9.55 Å².